The van der Waals surface area contributed by atoms with Gasteiger partial charge in [-0.3, -0.25) is 0 Å². The fraction of sp³-hybridized carbons (Fsp3) is 0.714. The van der Waals surface area contributed by atoms with Crippen molar-refractivity contribution in [1.82, 2.24) is 0 Å². The highest BCUT2D eigenvalue weighted by Crippen LogP contribution is 2.23. The zero-order valence-corrected chi connectivity index (χ0v) is 5.89. The summed E-state index contributed by atoms with van der Waals surface area (Å²) in [7, 11) is 0. The summed E-state index contributed by atoms with van der Waals surface area (Å²) in [6.45, 7) is 8.11. The Labute approximate surface area is 55.5 Å². The standard InChI is InChI=1S/C7H12O2/c1-4-7(3)8-5-6(2)9-7/h4,6H,1,5H2,2-3H3/t6-,7-/m1/s1. The summed E-state index contributed by atoms with van der Waals surface area (Å²) in [5.74, 6) is -0.528. The molecule has 0 bridgehead atoms. The van der Waals surface area contributed by atoms with Gasteiger partial charge in [-0.25, -0.2) is 0 Å². The van der Waals surface area contributed by atoms with E-state index in [1.807, 2.05) is 13.8 Å². The van der Waals surface area contributed by atoms with Crippen LogP contribution in [0.25, 0.3) is 0 Å². The highest BCUT2D eigenvalue weighted by Gasteiger charge is 2.31. The van der Waals surface area contributed by atoms with Crippen molar-refractivity contribution in [3.63, 3.8) is 0 Å². The highest BCUT2D eigenvalue weighted by molar-refractivity contribution is 4.89. The Morgan fingerprint density at radius 1 is 1.78 bits per heavy atom. The Kier molecular flexibility index (Phi) is 1.60. The minimum absolute atomic E-state index is 0.202. The fourth-order valence-corrected chi connectivity index (χ4v) is 0.857. The van der Waals surface area contributed by atoms with Gasteiger partial charge < -0.3 is 9.47 Å². The molecule has 0 aromatic heterocycles. The first-order valence-corrected chi connectivity index (χ1v) is 3.12. The second kappa shape index (κ2) is 2.12. The molecule has 0 N–H and O–H groups in total. The monoisotopic (exact) mass is 128 g/mol. The summed E-state index contributed by atoms with van der Waals surface area (Å²) in [5.41, 5.74) is 0. The van der Waals surface area contributed by atoms with Crippen LogP contribution in [0.15, 0.2) is 12.7 Å². The lowest BCUT2D eigenvalue weighted by Crippen LogP contribution is -2.22. The molecule has 0 spiro atoms. The van der Waals surface area contributed by atoms with Gasteiger partial charge >= 0.3 is 0 Å². The summed E-state index contributed by atoms with van der Waals surface area (Å²) >= 11 is 0. The van der Waals surface area contributed by atoms with Crippen molar-refractivity contribution in [2.45, 2.75) is 25.7 Å². The van der Waals surface area contributed by atoms with Crippen molar-refractivity contribution in [3.05, 3.63) is 12.7 Å². The molecule has 0 saturated carbocycles. The van der Waals surface area contributed by atoms with E-state index in [9.17, 15) is 0 Å². The van der Waals surface area contributed by atoms with E-state index in [1.165, 1.54) is 0 Å². The Morgan fingerprint density at radius 2 is 2.44 bits per heavy atom. The molecule has 1 fully saturated rings. The van der Waals surface area contributed by atoms with Crippen LogP contribution < -0.4 is 0 Å². The molecule has 0 unspecified atom stereocenters. The van der Waals surface area contributed by atoms with E-state index in [0.717, 1.165) is 0 Å². The number of hydrogen-bond donors (Lipinski definition) is 0. The average Bonchev–Trinajstić information content (AvgIpc) is 2.13. The van der Waals surface area contributed by atoms with Crippen molar-refractivity contribution >= 4 is 0 Å². The first-order chi connectivity index (χ1) is 4.16. The number of rotatable bonds is 1. The van der Waals surface area contributed by atoms with Gasteiger partial charge in [0, 0.05) is 0 Å². The minimum atomic E-state index is -0.528. The van der Waals surface area contributed by atoms with E-state index in [2.05, 4.69) is 6.58 Å². The summed E-state index contributed by atoms with van der Waals surface area (Å²) in [4.78, 5) is 0. The van der Waals surface area contributed by atoms with Gasteiger partial charge in [-0.1, -0.05) is 6.58 Å². The topological polar surface area (TPSA) is 18.5 Å². The molecular formula is C7H12O2. The first-order valence-electron chi connectivity index (χ1n) is 3.12. The van der Waals surface area contributed by atoms with E-state index < -0.39 is 5.79 Å². The zero-order valence-electron chi connectivity index (χ0n) is 5.89. The van der Waals surface area contributed by atoms with Crippen LogP contribution in [-0.4, -0.2) is 18.5 Å². The molecule has 0 radical (unpaired) electrons. The molecule has 1 heterocycles. The van der Waals surface area contributed by atoms with Gasteiger partial charge in [0.1, 0.15) is 0 Å². The Morgan fingerprint density at radius 3 is 2.67 bits per heavy atom. The van der Waals surface area contributed by atoms with E-state index >= 15 is 0 Å². The maximum absolute atomic E-state index is 5.36. The Hall–Kier alpha value is -0.340. The van der Waals surface area contributed by atoms with Crippen LogP contribution in [0.2, 0.25) is 0 Å². The fourth-order valence-electron chi connectivity index (χ4n) is 0.857. The predicted octanol–water partition coefficient (Wildman–Crippen LogP) is 1.32. The smallest absolute Gasteiger partial charge is 0.185 e. The molecule has 2 atom stereocenters. The van der Waals surface area contributed by atoms with Crippen molar-refractivity contribution in [2.24, 2.45) is 0 Å². The van der Waals surface area contributed by atoms with Crippen molar-refractivity contribution < 1.29 is 9.47 Å². The molecule has 9 heavy (non-hydrogen) atoms. The summed E-state index contributed by atoms with van der Waals surface area (Å²) in [5, 5.41) is 0. The third-order valence-corrected chi connectivity index (χ3v) is 1.41. The van der Waals surface area contributed by atoms with E-state index in [1.54, 1.807) is 6.08 Å². The number of ether oxygens (including phenoxy) is 2. The molecule has 0 aromatic carbocycles. The van der Waals surface area contributed by atoms with Crippen LogP contribution in [0.1, 0.15) is 13.8 Å². The second-order valence-electron chi connectivity index (χ2n) is 2.46. The minimum Gasteiger partial charge on any atom is -0.344 e. The quantitative estimate of drug-likeness (QED) is 0.496. The molecule has 2 nitrogen and oxygen atoms in total. The van der Waals surface area contributed by atoms with E-state index in [0.29, 0.717) is 6.61 Å². The van der Waals surface area contributed by atoms with Crippen molar-refractivity contribution in [2.75, 3.05) is 6.61 Å². The van der Waals surface area contributed by atoms with Gasteiger partial charge in [0.15, 0.2) is 5.79 Å². The van der Waals surface area contributed by atoms with Gasteiger partial charge in [0.05, 0.1) is 12.7 Å². The number of hydrogen-bond acceptors (Lipinski definition) is 2. The third kappa shape index (κ3) is 1.32. The van der Waals surface area contributed by atoms with Gasteiger partial charge in [0.2, 0.25) is 0 Å². The second-order valence-corrected chi connectivity index (χ2v) is 2.46. The molecule has 2 heteroatoms. The molecule has 0 aliphatic carbocycles. The predicted molar refractivity (Wildman–Crippen MR) is 35.1 cm³/mol. The normalized spacial score (nSPS) is 43.1. The molecule has 1 rings (SSSR count). The Balaban J connectivity index is 2.54. The molecule has 1 aliphatic heterocycles. The van der Waals surface area contributed by atoms with Gasteiger partial charge in [-0.2, -0.15) is 0 Å². The van der Waals surface area contributed by atoms with Crippen LogP contribution in [0.5, 0.6) is 0 Å². The lowest BCUT2D eigenvalue weighted by Gasteiger charge is -2.16. The van der Waals surface area contributed by atoms with Crippen LogP contribution in [0.4, 0.5) is 0 Å². The molecular weight excluding hydrogens is 116 g/mol. The molecule has 52 valence electrons. The summed E-state index contributed by atoms with van der Waals surface area (Å²) < 4.78 is 10.6. The SMILES string of the molecule is C=C[C@]1(C)OC[C@@H](C)O1. The first kappa shape index (κ1) is 6.78. The molecule has 0 aromatic rings. The van der Waals surface area contributed by atoms with E-state index in [4.69, 9.17) is 9.47 Å². The van der Waals surface area contributed by atoms with Crippen LogP contribution >= 0.6 is 0 Å². The van der Waals surface area contributed by atoms with E-state index in [-0.39, 0.29) is 6.10 Å². The van der Waals surface area contributed by atoms with Crippen LogP contribution in [-0.2, 0) is 9.47 Å². The maximum Gasteiger partial charge on any atom is 0.185 e. The third-order valence-electron chi connectivity index (χ3n) is 1.41. The maximum atomic E-state index is 5.36. The molecule has 1 aliphatic rings. The average molecular weight is 128 g/mol. The lowest BCUT2D eigenvalue weighted by atomic mass is 10.3. The summed E-state index contributed by atoms with van der Waals surface area (Å²) in [6, 6.07) is 0. The lowest BCUT2D eigenvalue weighted by molar-refractivity contribution is -0.111. The Bertz CT molecular complexity index is 122. The van der Waals surface area contributed by atoms with Gasteiger partial charge in [-0.05, 0) is 19.9 Å². The van der Waals surface area contributed by atoms with Crippen LogP contribution in [0, 0.1) is 0 Å². The molecule has 0 amide bonds. The zero-order chi connectivity index (χ0) is 6.91. The summed E-state index contributed by atoms with van der Waals surface area (Å²) in [6.07, 6.45) is 1.88. The van der Waals surface area contributed by atoms with Gasteiger partial charge in [0.25, 0.3) is 0 Å². The van der Waals surface area contributed by atoms with Crippen molar-refractivity contribution in [1.29, 1.82) is 0 Å². The van der Waals surface area contributed by atoms with Crippen LogP contribution in [0.3, 0.4) is 0 Å². The van der Waals surface area contributed by atoms with Crippen molar-refractivity contribution in [3.8, 4) is 0 Å². The largest absolute Gasteiger partial charge is 0.344 e. The highest BCUT2D eigenvalue weighted by atomic mass is 16.7. The molecule has 1 saturated heterocycles. The van der Waals surface area contributed by atoms with Gasteiger partial charge in [-0.15, -0.1) is 0 Å².